The lowest BCUT2D eigenvalue weighted by Crippen LogP contribution is -2.55. The van der Waals surface area contributed by atoms with Crippen LogP contribution in [-0.2, 0) is 11.3 Å². The van der Waals surface area contributed by atoms with Crippen LogP contribution in [0.3, 0.4) is 0 Å². The highest BCUT2D eigenvalue weighted by Gasteiger charge is 2.33. The Labute approximate surface area is 142 Å². The van der Waals surface area contributed by atoms with Crippen LogP contribution in [0.25, 0.3) is 0 Å². The van der Waals surface area contributed by atoms with Gasteiger partial charge in [-0.15, -0.1) is 0 Å². The number of aromatic nitrogens is 1. The Kier molecular flexibility index (Phi) is 5.54. The fraction of sp³-hybridized carbons (Fsp3) is 0.647. The second kappa shape index (κ2) is 7.25. The number of amides is 1. The van der Waals surface area contributed by atoms with Gasteiger partial charge in [-0.05, 0) is 46.6 Å². The highest BCUT2D eigenvalue weighted by molar-refractivity contribution is 5.88. The molecule has 1 aromatic heterocycles. The summed E-state index contributed by atoms with van der Waals surface area (Å²) in [6, 6.07) is 1.63. The molecule has 24 heavy (non-hydrogen) atoms. The van der Waals surface area contributed by atoms with Crippen molar-refractivity contribution in [3.63, 3.8) is 0 Å². The van der Waals surface area contributed by atoms with Crippen LogP contribution >= 0.6 is 0 Å². The number of carboxylic acid groups (broad SMARTS) is 1. The molecule has 0 radical (unpaired) electrons. The Hall–Kier alpha value is -2.02. The number of carbonyl (C=O) groups is 2. The van der Waals surface area contributed by atoms with Gasteiger partial charge < -0.3 is 25.0 Å². The molecule has 1 fully saturated rings. The van der Waals surface area contributed by atoms with E-state index in [2.05, 4.69) is 10.3 Å². The molecule has 7 heteroatoms. The van der Waals surface area contributed by atoms with Crippen molar-refractivity contribution in [1.29, 1.82) is 0 Å². The van der Waals surface area contributed by atoms with Crippen LogP contribution in [0.2, 0.25) is 0 Å². The summed E-state index contributed by atoms with van der Waals surface area (Å²) in [5.74, 6) is -0.944. The summed E-state index contributed by atoms with van der Waals surface area (Å²) in [6.07, 6.45) is 3.15. The van der Waals surface area contributed by atoms with Gasteiger partial charge in [-0.2, -0.15) is 0 Å². The van der Waals surface area contributed by atoms with Gasteiger partial charge in [0.05, 0.1) is 5.56 Å². The molecular formula is C17H27N3O4. The number of ether oxygens (including phenoxy) is 1. The van der Waals surface area contributed by atoms with E-state index in [9.17, 15) is 9.59 Å². The van der Waals surface area contributed by atoms with E-state index in [1.54, 1.807) is 17.2 Å². The van der Waals surface area contributed by atoms with E-state index in [4.69, 9.17) is 9.84 Å². The predicted octanol–water partition coefficient (Wildman–Crippen LogP) is 2.59. The fourth-order valence-corrected chi connectivity index (χ4v) is 2.98. The monoisotopic (exact) mass is 337 g/mol. The van der Waals surface area contributed by atoms with Crippen molar-refractivity contribution in [2.24, 2.45) is 0 Å². The van der Waals surface area contributed by atoms with Crippen LogP contribution in [0.4, 0.5) is 4.79 Å². The molecule has 2 heterocycles. The SMILES string of the molecule is CC1C(NCc2[nH]ccc2C(=O)O)CCCN1C(=O)OC(C)(C)C. The summed E-state index contributed by atoms with van der Waals surface area (Å²) in [5, 5.41) is 12.5. The van der Waals surface area contributed by atoms with Crippen molar-refractivity contribution >= 4 is 12.1 Å². The normalized spacial score (nSPS) is 21.6. The highest BCUT2D eigenvalue weighted by Crippen LogP contribution is 2.21. The number of aromatic amines is 1. The van der Waals surface area contributed by atoms with E-state index in [0.717, 1.165) is 12.8 Å². The van der Waals surface area contributed by atoms with Crippen molar-refractivity contribution in [3.8, 4) is 0 Å². The van der Waals surface area contributed by atoms with Gasteiger partial charge >= 0.3 is 12.1 Å². The lowest BCUT2D eigenvalue weighted by molar-refractivity contribution is 0.00697. The Bertz CT molecular complexity index is 591. The minimum Gasteiger partial charge on any atom is -0.478 e. The summed E-state index contributed by atoms with van der Waals surface area (Å²) in [4.78, 5) is 28.2. The van der Waals surface area contributed by atoms with Gasteiger partial charge in [-0.25, -0.2) is 9.59 Å². The molecule has 0 saturated carbocycles. The number of carbonyl (C=O) groups excluding carboxylic acids is 1. The van der Waals surface area contributed by atoms with Crippen LogP contribution in [-0.4, -0.2) is 51.3 Å². The standard InChI is InChI=1S/C17H27N3O4/c1-11-13(19-10-14-12(15(21)22)7-8-18-14)6-5-9-20(11)16(23)24-17(2,3)4/h7-8,11,13,18-19H,5-6,9-10H2,1-4H3,(H,21,22). The lowest BCUT2D eigenvalue weighted by Gasteiger charge is -2.40. The quantitative estimate of drug-likeness (QED) is 0.785. The Balaban J connectivity index is 1.97. The van der Waals surface area contributed by atoms with E-state index < -0.39 is 11.6 Å². The lowest BCUT2D eigenvalue weighted by atomic mass is 9.97. The van der Waals surface area contributed by atoms with Gasteiger partial charge in [0.1, 0.15) is 5.60 Å². The van der Waals surface area contributed by atoms with E-state index in [-0.39, 0.29) is 23.7 Å². The van der Waals surface area contributed by atoms with Crippen molar-refractivity contribution in [3.05, 3.63) is 23.5 Å². The maximum absolute atomic E-state index is 12.3. The number of nitrogens with one attached hydrogen (secondary N) is 2. The molecule has 1 saturated heterocycles. The molecule has 1 amide bonds. The zero-order valence-corrected chi connectivity index (χ0v) is 14.8. The van der Waals surface area contributed by atoms with Gasteiger partial charge in [0.2, 0.25) is 0 Å². The van der Waals surface area contributed by atoms with E-state index >= 15 is 0 Å². The first-order chi connectivity index (χ1) is 11.2. The smallest absolute Gasteiger partial charge is 0.410 e. The number of hydrogen-bond acceptors (Lipinski definition) is 4. The zero-order chi connectivity index (χ0) is 17.9. The van der Waals surface area contributed by atoms with Gasteiger partial charge in [-0.3, -0.25) is 0 Å². The molecule has 3 N–H and O–H groups in total. The molecule has 134 valence electrons. The Morgan fingerprint density at radius 1 is 1.46 bits per heavy atom. The first-order valence-corrected chi connectivity index (χ1v) is 8.31. The number of rotatable bonds is 4. The minimum absolute atomic E-state index is 0.0168. The number of nitrogens with zero attached hydrogens (tertiary/aromatic N) is 1. The average molecular weight is 337 g/mol. The molecule has 2 unspecified atom stereocenters. The Morgan fingerprint density at radius 2 is 2.17 bits per heavy atom. The van der Waals surface area contributed by atoms with Gasteiger partial charge in [-0.1, -0.05) is 0 Å². The highest BCUT2D eigenvalue weighted by atomic mass is 16.6. The molecule has 1 aliphatic rings. The first kappa shape index (κ1) is 18.3. The summed E-state index contributed by atoms with van der Waals surface area (Å²) in [7, 11) is 0. The van der Waals surface area contributed by atoms with Crippen molar-refractivity contribution < 1.29 is 19.4 Å². The number of H-pyrrole nitrogens is 1. The first-order valence-electron chi connectivity index (χ1n) is 8.31. The average Bonchev–Trinajstić information content (AvgIpc) is 2.93. The van der Waals surface area contributed by atoms with E-state index in [0.29, 0.717) is 18.8 Å². The fourth-order valence-electron chi connectivity index (χ4n) is 2.98. The maximum Gasteiger partial charge on any atom is 0.410 e. The summed E-state index contributed by atoms with van der Waals surface area (Å²) < 4.78 is 5.47. The van der Waals surface area contributed by atoms with Crippen LogP contribution in [0.5, 0.6) is 0 Å². The van der Waals surface area contributed by atoms with Crippen LogP contribution < -0.4 is 5.32 Å². The van der Waals surface area contributed by atoms with E-state index in [1.807, 2.05) is 27.7 Å². The minimum atomic E-state index is -0.944. The van der Waals surface area contributed by atoms with Crippen LogP contribution in [0.1, 0.15) is 56.6 Å². The van der Waals surface area contributed by atoms with E-state index in [1.165, 1.54) is 0 Å². The molecule has 0 bridgehead atoms. The zero-order valence-electron chi connectivity index (χ0n) is 14.8. The van der Waals surface area contributed by atoms with Crippen LogP contribution in [0, 0.1) is 0 Å². The Morgan fingerprint density at radius 3 is 2.79 bits per heavy atom. The maximum atomic E-state index is 12.3. The largest absolute Gasteiger partial charge is 0.478 e. The topological polar surface area (TPSA) is 94.7 Å². The van der Waals surface area contributed by atoms with Crippen LogP contribution in [0.15, 0.2) is 12.3 Å². The molecule has 0 spiro atoms. The molecule has 1 aromatic rings. The van der Waals surface area contributed by atoms with Gasteiger partial charge in [0.15, 0.2) is 0 Å². The second-order valence-corrected chi connectivity index (χ2v) is 7.22. The number of likely N-dealkylation sites (tertiary alicyclic amines) is 1. The third-order valence-corrected chi connectivity index (χ3v) is 4.22. The third kappa shape index (κ3) is 4.50. The van der Waals surface area contributed by atoms with Crippen molar-refractivity contribution in [2.75, 3.05) is 6.54 Å². The number of carboxylic acids is 1. The molecule has 1 aliphatic heterocycles. The van der Waals surface area contributed by atoms with Crippen molar-refractivity contribution in [2.45, 2.75) is 64.8 Å². The molecule has 0 aliphatic carbocycles. The molecule has 2 rings (SSSR count). The predicted molar refractivity (Wildman–Crippen MR) is 90.0 cm³/mol. The summed E-state index contributed by atoms with van der Waals surface area (Å²) in [5.41, 5.74) is 0.400. The molecular weight excluding hydrogens is 310 g/mol. The van der Waals surface area contributed by atoms with Crippen molar-refractivity contribution in [1.82, 2.24) is 15.2 Å². The number of piperidine rings is 1. The second-order valence-electron chi connectivity index (χ2n) is 7.22. The van der Waals surface area contributed by atoms with Gasteiger partial charge in [0, 0.05) is 37.1 Å². The number of aromatic carboxylic acids is 1. The summed E-state index contributed by atoms with van der Waals surface area (Å²) in [6.45, 7) is 8.66. The van der Waals surface area contributed by atoms with Gasteiger partial charge in [0.25, 0.3) is 0 Å². The molecule has 2 atom stereocenters. The molecule has 7 nitrogen and oxygen atoms in total. The number of hydrogen-bond donors (Lipinski definition) is 3. The third-order valence-electron chi connectivity index (χ3n) is 4.22. The molecule has 0 aromatic carbocycles. The summed E-state index contributed by atoms with van der Waals surface area (Å²) >= 11 is 0.